The van der Waals surface area contributed by atoms with Gasteiger partial charge in [-0.15, -0.1) is 0 Å². The van der Waals surface area contributed by atoms with Crippen LogP contribution in [-0.2, 0) is 9.59 Å². The molecule has 1 saturated carbocycles. The number of hydrogen-bond acceptors (Lipinski definition) is 2. The molecule has 1 aliphatic carbocycles. The van der Waals surface area contributed by atoms with Crippen molar-refractivity contribution < 1.29 is 9.59 Å². The van der Waals surface area contributed by atoms with E-state index in [4.69, 9.17) is 0 Å². The van der Waals surface area contributed by atoms with Crippen LogP contribution in [0.5, 0.6) is 0 Å². The average Bonchev–Trinajstić information content (AvgIpc) is 2.67. The molecule has 3 atom stereocenters. The summed E-state index contributed by atoms with van der Waals surface area (Å²) in [6.45, 7) is 9.18. The van der Waals surface area contributed by atoms with Crippen molar-refractivity contribution in [1.29, 1.82) is 0 Å². The van der Waals surface area contributed by atoms with E-state index in [2.05, 4.69) is 26.1 Å². The third kappa shape index (κ3) is 2.84. The lowest BCUT2D eigenvalue weighted by Gasteiger charge is -2.38. The number of carbonyl (C=O) groups excluding carboxylic acids is 2. The maximum Gasteiger partial charge on any atom is 0.245 e. The highest BCUT2D eigenvalue weighted by molar-refractivity contribution is 5.90. The van der Waals surface area contributed by atoms with Crippen molar-refractivity contribution in [2.45, 2.75) is 71.9 Å². The van der Waals surface area contributed by atoms with Gasteiger partial charge in [0, 0.05) is 19.0 Å². The van der Waals surface area contributed by atoms with E-state index in [9.17, 15) is 9.59 Å². The number of rotatable bonds is 3. The lowest BCUT2D eigenvalue weighted by molar-refractivity contribution is -0.138. The SMILES string of the molecule is CCC(C)C1NC(=O)CCN(C2CCCC2(C)C)C1=O. The number of amides is 2. The highest BCUT2D eigenvalue weighted by Gasteiger charge is 2.43. The third-order valence-corrected chi connectivity index (χ3v) is 5.24. The minimum absolute atomic E-state index is 0.0157. The summed E-state index contributed by atoms with van der Waals surface area (Å²) >= 11 is 0. The molecule has 0 aromatic heterocycles. The summed E-state index contributed by atoms with van der Waals surface area (Å²) in [5.41, 5.74) is 0.170. The summed E-state index contributed by atoms with van der Waals surface area (Å²) in [5.74, 6) is 0.337. The Morgan fingerprint density at radius 3 is 2.65 bits per heavy atom. The molecular weight excluding hydrogens is 252 g/mol. The highest BCUT2D eigenvalue weighted by atomic mass is 16.2. The second-order valence-corrected chi connectivity index (χ2v) is 7.11. The molecule has 0 aromatic carbocycles. The minimum Gasteiger partial charge on any atom is -0.344 e. The van der Waals surface area contributed by atoms with Gasteiger partial charge in [-0.05, 0) is 24.2 Å². The van der Waals surface area contributed by atoms with Gasteiger partial charge in [0.2, 0.25) is 11.8 Å². The molecule has 3 unspecified atom stereocenters. The zero-order valence-corrected chi connectivity index (χ0v) is 13.2. The molecule has 114 valence electrons. The van der Waals surface area contributed by atoms with Crippen LogP contribution in [0, 0.1) is 11.3 Å². The molecule has 20 heavy (non-hydrogen) atoms. The smallest absolute Gasteiger partial charge is 0.245 e. The molecular formula is C16H28N2O2. The van der Waals surface area contributed by atoms with Crippen molar-refractivity contribution in [2.24, 2.45) is 11.3 Å². The van der Waals surface area contributed by atoms with Gasteiger partial charge < -0.3 is 10.2 Å². The van der Waals surface area contributed by atoms with Crippen LogP contribution in [-0.4, -0.2) is 35.3 Å². The number of nitrogens with one attached hydrogen (secondary N) is 1. The van der Waals surface area contributed by atoms with Crippen molar-refractivity contribution in [1.82, 2.24) is 10.2 Å². The van der Waals surface area contributed by atoms with Gasteiger partial charge >= 0.3 is 0 Å². The Bertz CT molecular complexity index is 392. The van der Waals surface area contributed by atoms with Crippen LogP contribution in [0.25, 0.3) is 0 Å². The summed E-state index contributed by atoms with van der Waals surface area (Å²) in [6.07, 6.45) is 4.75. The zero-order chi connectivity index (χ0) is 14.9. The van der Waals surface area contributed by atoms with Crippen LogP contribution in [0.15, 0.2) is 0 Å². The molecule has 1 aliphatic heterocycles. The van der Waals surface area contributed by atoms with Gasteiger partial charge in [0.1, 0.15) is 6.04 Å². The van der Waals surface area contributed by atoms with Crippen molar-refractivity contribution in [2.75, 3.05) is 6.54 Å². The maximum atomic E-state index is 12.9. The molecule has 1 heterocycles. The Labute approximate surface area is 122 Å². The largest absolute Gasteiger partial charge is 0.344 e. The normalized spacial score (nSPS) is 31.9. The zero-order valence-electron chi connectivity index (χ0n) is 13.2. The molecule has 2 rings (SSSR count). The van der Waals surface area contributed by atoms with E-state index < -0.39 is 0 Å². The number of nitrogens with zero attached hydrogens (tertiary/aromatic N) is 1. The molecule has 4 nitrogen and oxygen atoms in total. The summed E-state index contributed by atoms with van der Waals surface area (Å²) < 4.78 is 0. The lowest BCUT2D eigenvalue weighted by Crippen LogP contribution is -2.53. The molecule has 1 N–H and O–H groups in total. The van der Waals surface area contributed by atoms with Crippen LogP contribution in [0.1, 0.15) is 59.8 Å². The summed E-state index contributed by atoms with van der Waals surface area (Å²) in [6, 6.07) is -0.0549. The molecule has 0 radical (unpaired) electrons. The van der Waals surface area contributed by atoms with Gasteiger partial charge in [0.15, 0.2) is 0 Å². The Balaban J connectivity index is 2.23. The van der Waals surface area contributed by atoms with Crippen molar-refractivity contribution in [3.05, 3.63) is 0 Å². The molecule has 2 amide bonds. The number of carbonyl (C=O) groups is 2. The lowest BCUT2D eigenvalue weighted by atomic mass is 9.85. The van der Waals surface area contributed by atoms with Crippen molar-refractivity contribution in [3.8, 4) is 0 Å². The molecule has 0 spiro atoms. The molecule has 4 heteroatoms. The van der Waals surface area contributed by atoms with Gasteiger partial charge in [-0.25, -0.2) is 0 Å². The third-order valence-electron chi connectivity index (χ3n) is 5.24. The van der Waals surface area contributed by atoms with Crippen molar-refractivity contribution in [3.63, 3.8) is 0 Å². The van der Waals surface area contributed by atoms with Crippen LogP contribution in [0.4, 0.5) is 0 Å². The van der Waals surface area contributed by atoms with Crippen LogP contribution >= 0.6 is 0 Å². The second-order valence-electron chi connectivity index (χ2n) is 7.11. The van der Waals surface area contributed by atoms with E-state index in [1.54, 1.807) is 0 Å². The van der Waals surface area contributed by atoms with E-state index in [0.717, 1.165) is 19.3 Å². The van der Waals surface area contributed by atoms with E-state index in [0.29, 0.717) is 13.0 Å². The maximum absolute atomic E-state index is 12.9. The molecule has 0 bridgehead atoms. The van der Waals surface area contributed by atoms with Crippen LogP contribution < -0.4 is 5.32 Å². The molecule has 2 aliphatic rings. The van der Waals surface area contributed by atoms with Gasteiger partial charge in [-0.3, -0.25) is 9.59 Å². The average molecular weight is 280 g/mol. The van der Waals surface area contributed by atoms with Gasteiger partial charge in [0.05, 0.1) is 0 Å². The summed E-state index contributed by atoms with van der Waals surface area (Å²) in [7, 11) is 0. The Kier molecular flexibility index (Phi) is 4.40. The minimum atomic E-state index is -0.341. The molecule has 2 fully saturated rings. The fraction of sp³-hybridized carbons (Fsp3) is 0.875. The molecule has 1 saturated heterocycles. The van der Waals surface area contributed by atoms with Crippen LogP contribution in [0.3, 0.4) is 0 Å². The summed E-state index contributed by atoms with van der Waals surface area (Å²) in [5, 5.41) is 2.93. The first kappa shape index (κ1) is 15.3. The fourth-order valence-corrected chi connectivity index (χ4v) is 3.64. The number of hydrogen-bond donors (Lipinski definition) is 1. The van der Waals surface area contributed by atoms with E-state index in [1.165, 1.54) is 6.42 Å². The highest BCUT2D eigenvalue weighted by Crippen LogP contribution is 2.41. The van der Waals surface area contributed by atoms with Crippen LogP contribution in [0.2, 0.25) is 0 Å². The van der Waals surface area contributed by atoms with Crippen molar-refractivity contribution >= 4 is 11.8 Å². The van der Waals surface area contributed by atoms with E-state index in [1.807, 2.05) is 11.8 Å². The second kappa shape index (κ2) is 5.74. The van der Waals surface area contributed by atoms with E-state index in [-0.39, 0.29) is 35.2 Å². The Hall–Kier alpha value is -1.06. The van der Waals surface area contributed by atoms with Gasteiger partial charge in [-0.2, -0.15) is 0 Å². The quantitative estimate of drug-likeness (QED) is 0.862. The van der Waals surface area contributed by atoms with E-state index >= 15 is 0 Å². The Morgan fingerprint density at radius 2 is 2.10 bits per heavy atom. The Morgan fingerprint density at radius 1 is 1.40 bits per heavy atom. The topological polar surface area (TPSA) is 49.4 Å². The molecule has 0 aromatic rings. The first-order valence-electron chi connectivity index (χ1n) is 7.96. The first-order chi connectivity index (χ1) is 9.36. The monoisotopic (exact) mass is 280 g/mol. The van der Waals surface area contributed by atoms with Gasteiger partial charge in [-0.1, -0.05) is 40.5 Å². The first-order valence-corrected chi connectivity index (χ1v) is 7.96. The fourth-order valence-electron chi connectivity index (χ4n) is 3.64. The standard InChI is InChI=1S/C16H28N2O2/c1-5-11(2)14-15(20)18(10-8-13(19)17-14)12-7-6-9-16(12,3)4/h11-12,14H,5-10H2,1-4H3,(H,17,19). The summed E-state index contributed by atoms with van der Waals surface area (Å²) in [4.78, 5) is 26.8. The van der Waals surface area contributed by atoms with Gasteiger partial charge in [0.25, 0.3) is 0 Å². The predicted molar refractivity (Wildman–Crippen MR) is 79.1 cm³/mol. The predicted octanol–water partition coefficient (Wildman–Crippen LogP) is 2.33.